The van der Waals surface area contributed by atoms with Gasteiger partial charge in [-0.25, -0.2) is 9.78 Å². The predicted octanol–water partition coefficient (Wildman–Crippen LogP) is 8.52. The lowest BCUT2D eigenvalue weighted by Crippen LogP contribution is -2.48. The summed E-state index contributed by atoms with van der Waals surface area (Å²) in [5.74, 6) is 2.93. The molecule has 4 heterocycles. The number of aliphatic carboxylic acids is 1. The predicted molar refractivity (Wildman–Crippen MR) is 183 cm³/mol. The Balaban J connectivity index is 1.05. The van der Waals surface area contributed by atoms with Crippen LogP contribution in [0.5, 0.6) is 0 Å². The number of nitrogens with one attached hydrogen (secondary N) is 1. The molecule has 2 saturated heterocycles. The molecule has 6 aliphatic rings. The van der Waals surface area contributed by atoms with Crippen LogP contribution < -0.4 is 10.2 Å². The highest BCUT2D eigenvalue weighted by molar-refractivity contribution is 7.21. The number of carboxylic acid groups (broad SMARTS) is 1. The Bertz CT molecular complexity index is 1710. The number of aromatic nitrogens is 1. The Morgan fingerprint density at radius 3 is 2.53 bits per heavy atom. The third kappa shape index (κ3) is 5.32. The molecule has 6 fully saturated rings. The summed E-state index contributed by atoms with van der Waals surface area (Å²) in [4.78, 5) is 36.0. The number of amides is 1. The lowest BCUT2D eigenvalue weighted by Gasteiger charge is -2.41. The number of hydrogen-bond acceptors (Lipinski definition) is 7. The van der Waals surface area contributed by atoms with E-state index < -0.39 is 11.9 Å². The molecule has 3 aromatic rings. The average molecular weight is 704 g/mol. The molecule has 2 aliphatic heterocycles. The molecule has 0 radical (unpaired) electrons. The summed E-state index contributed by atoms with van der Waals surface area (Å²) in [6.07, 6.45) is 8.44. The standard InChI is InChI=1S/C33H33Cl3N4O3S2/c1-15(32(42)43)4-23-24(35)9-20(10-25(23)36)30(41)38-33-37-28(27-11-21(34)14-44-27)31(45-33)39-12-17-2-3-40(26(17)13-39)29-19-6-16-5-18(8-19)22(29)7-16/h4,9-11,14,16-19,22,26,29H,2-3,5-8,12-13H2,1H3,(H,42,43)(H,37,38,41)/b15-4+/t16-,17?,18+,19-,22+,26?,29?/m0/s1. The number of benzene rings is 1. The number of carbonyl (C=O) groups is 2. The summed E-state index contributed by atoms with van der Waals surface area (Å²) in [6.45, 7) is 4.66. The highest BCUT2D eigenvalue weighted by Gasteiger charge is 2.58. The number of nitrogens with zero attached hydrogens (tertiary/aromatic N) is 3. The Morgan fingerprint density at radius 2 is 1.82 bits per heavy atom. The maximum absolute atomic E-state index is 13.4. The van der Waals surface area contributed by atoms with Gasteiger partial charge in [-0.05, 0) is 99.4 Å². The van der Waals surface area contributed by atoms with E-state index in [9.17, 15) is 14.7 Å². The molecular formula is C33H33Cl3N4O3S2. The topological polar surface area (TPSA) is 85.8 Å². The first-order chi connectivity index (χ1) is 21.6. The van der Waals surface area contributed by atoms with Gasteiger partial charge in [-0.3, -0.25) is 15.0 Å². The first-order valence-corrected chi connectivity index (χ1v) is 18.4. The van der Waals surface area contributed by atoms with E-state index in [2.05, 4.69) is 15.1 Å². The minimum Gasteiger partial charge on any atom is -0.478 e. The molecule has 2 N–H and O–H groups in total. The lowest BCUT2D eigenvalue weighted by molar-refractivity contribution is -0.132. The number of thiophene rings is 1. The molecule has 236 valence electrons. The van der Waals surface area contributed by atoms with Crippen molar-refractivity contribution in [3.05, 3.63) is 55.3 Å². The first kappa shape index (κ1) is 30.2. The Morgan fingerprint density at radius 1 is 1.04 bits per heavy atom. The molecule has 1 amide bonds. The fourth-order valence-electron chi connectivity index (χ4n) is 9.23. The van der Waals surface area contributed by atoms with Crippen molar-refractivity contribution in [2.24, 2.45) is 29.6 Å². The van der Waals surface area contributed by atoms with Crippen molar-refractivity contribution >= 4 is 85.6 Å². The monoisotopic (exact) mass is 702 g/mol. The highest BCUT2D eigenvalue weighted by atomic mass is 35.5. The molecule has 2 aromatic heterocycles. The molecule has 7 nitrogen and oxygen atoms in total. The maximum Gasteiger partial charge on any atom is 0.331 e. The van der Waals surface area contributed by atoms with Gasteiger partial charge in [0, 0.05) is 47.3 Å². The van der Waals surface area contributed by atoms with Gasteiger partial charge in [-0.2, -0.15) is 0 Å². The van der Waals surface area contributed by atoms with E-state index in [1.54, 1.807) is 11.3 Å². The zero-order chi connectivity index (χ0) is 31.1. The van der Waals surface area contributed by atoms with Crippen molar-refractivity contribution in [3.63, 3.8) is 0 Å². The maximum atomic E-state index is 13.4. The summed E-state index contributed by atoms with van der Waals surface area (Å²) in [7, 11) is 0. The van der Waals surface area contributed by atoms with E-state index >= 15 is 0 Å². The molecule has 7 atom stereocenters. The van der Waals surface area contributed by atoms with Gasteiger partial charge in [0.05, 0.1) is 19.9 Å². The van der Waals surface area contributed by atoms with E-state index in [-0.39, 0.29) is 21.2 Å². The minimum absolute atomic E-state index is 0.0874. The number of carbonyl (C=O) groups excluding carboxylic acids is 1. The molecule has 4 bridgehead atoms. The number of rotatable bonds is 7. The van der Waals surface area contributed by atoms with Crippen molar-refractivity contribution in [1.29, 1.82) is 0 Å². The summed E-state index contributed by atoms with van der Waals surface area (Å²) < 4.78 is 0. The van der Waals surface area contributed by atoms with Crippen molar-refractivity contribution < 1.29 is 14.7 Å². The quantitative estimate of drug-likeness (QED) is 0.240. The third-order valence-corrected chi connectivity index (χ3v) is 13.9. The first-order valence-electron chi connectivity index (χ1n) is 15.6. The van der Waals surface area contributed by atoms with Crippen molar-refractivity contribution in [3.8, 4) is 10.6 Å². The second-order valence-electron chi connectivity index (χ2n) is 13.5. The SMILES string of the molecule is C/C(=C\c1c(Cl)cc(C(=O)Nc2nc(-c3cc(Cl)cs3)c(N3CC4CCN(C5[C@H]6C[C@@H]7C[C@H](C6)[C@H]5C7)C4C3)s2)cc1Cl)C(=O)O. The van der Waals surface area contributed by atoms with Crippen LogP contribution in [0.2, 0.25) is 15.1 Å². The number of likely N-dealkylation sites (tertiary alicyclic amines) is 1. The van der Waals surface area contributed by atoms with Crippen molar-refractivity contribution in [2.75, 3.05) is 29.9 Å². The molecule has 3 unspecified atom stereocenters. The highest BCUT2D eigenvalue weighted by Crippen LogP contribution is 2.60. The van der Waals surface area contributed by atoms with E-state index in [0.29, 0.717) is 27.7 Å². The summed E-state index contributed by atoms with van der Waals surface area (Å²) in [6, 6.07) is 6.27. The molecule has 9 rings (SSSR count). The van der Waals surface area contributed by atoms with Gasteiger partial charge >= 0.3 is 5.97 Å². The average Bonchev–Trinajstić information content (AvgIpc) is 3.83. The second-order valence-corrected chi connectivity index (χ2v) is 16.6. The van der Waals surface area contributed by atoms with Gasteiger partial charge in [0.15, 0.2) is 5.13 Å². The number of thiazole rings is 1. The van der Waals surface area contributed by atoms with Crippen LogP contribution in [0.1, 0.15) is 54.9 Å². The van der Waals surface area contributed by atoms with Crippen LogP contribution in [-0.4, -0.2) is 58.6 Å². The molecule has 0 spiro atoms. The van der Waals surface area contributed by atoms with E-state index in [1.807, 2.05) is 11.4 Å². The van der Waals surface area contributed by atoms with Gasteiger partial charge in [0.2, 0.25) is 0 Å². The Hall–Kier alpha value is -2.14. The number of anilines is 2. The van der Waals surface area contributed by atoms with Crippen molar-refractivity contribution in [2.45, 2.75) is 51.1 Å². The molecule has 4 saturated carbocycles. The van der Waals surface area contributed by atoms with E-state index in [4.69, 9.17) is 39.8 Å². The van der Waals surface area contributed by atoms with Gasteiger partial charge < -0.3 is 10.0 Å². The molecule has 4 aliphatic carbocycles. The van der Waals surface area contributed by atoms with Gasteiger partial charge in [-0.15, -0.1) is 11.3 Å². The normalized spacial score (nSPS) is 30.4. The smallest absolute Gasteiger partial charge is 0.331 e. The molecule has 1 aromatic carbocycles. The largest absolute Gasteiger partial charge is 0.478 e. The zero-order valence-corrected chi connectivity index (χ0v) is 28.5. The summed E-state index contributed by atoms with van der Waals surface area (Å²) in [5, 5.41) is 16.7. The van der Waals surface area contributed by atoms with Gasteiger partial charge in [0.1, 0.15) is 10.7 Å². The van der Waals surface area contributed by atoms with Crippen LogP contribution in [0.3, 0.4) is 0 Å². The lowest BCUT2D eigenvalue weighted by atomic mass is 9.78. The van der Waals surface area contributed by atoms with Gasteiger partial charge in [0.25, 0.3) is 5.91 Å². The Labute approximate surface area is 285 Å². The van der Waals surface area contributed by atoms with Crippen molar-refractivity contribution in [1.82, 2.24) is 9.88 Å². The number of carboxylic acids is 1. The minimum atomic E-state index is -1.07. The zero-order valence-electron chi connectivity index (χ0n) is 24.6. The summed E-state index contributed by atoms with van der Waals surface area (Å²) >= 11 is 22.3. The Kier molecular flexibility index (Phi) is 7.74. The van der Waals surface area contributed by atoms with Crippen LogP contribution >= 0.6 is 57.5 Å². The van der Waals surface area contributed by atoms with Gasteiger partial charge in [-0.1, -0.05) is 46.1 Å². The third-order valence-electron chi connectivity index (χ3n) is 10.9. The van der Waals surface area contributed by atoms with Crippen LogP contribution in [-0.2, 0) is 4.79 Å². The van der Waals surface area contributed by atoms with Crippen LogP contribution in [0.4, 0.5) is 10.1 Å². The molecule has 12 heteroatoms. The second kappa shape index (κ2) is 11.5. The van der Waals surface area contributed by atoms with Crippen LogP contribution in [0.25, 0.3) is 16.6 Å². The van der Waals surface area contributed by atoms with Crippen LogP contribution in [0, 0.1) is 29.6 Å². The fraction of sp³-hybridized carbons (Fsp3) is 0.485. The number of halogens is 3. The molecular weight excluding hydrogens is 671 g/mol. The fourth-order valence-corrected chi connectivity index (χ4v) is 11.9. The van der Waals surface area contributed by atoms with E-state index in [0.717, 1.165) is 58.4 Å². The molecule has 45 heavy (non-hydrogen) atoms. The number of fused-ring (bicyclic) bond motifs is 1. The van der Waals surface area contributed by atoms with Crippen LogP contribution in [0.15, 0.2) is 29.2 Å². The summed E-state index contributed by atoms with van der Waals surface area (Å²) in [5.41, 5.74) is 1.55. The number of hydrogen-bond donors (Lipinski definition) is 2. The van der Waals surface area contributed by atoms with E-state index in [1.165, 1.54) is 75.1 Å².